The lowest BCUT2D eigenvalue weighted by atomic mass is 9.89. The molecule has 1 fully saturated rings. The Morgan fingerprint density at radius 3 is 2.76 bits per heavy atom. The van der Waals surface area contributed by atoms with Gasteiger partial charge in [0, 0.05) is 24.1 Å². The van der Waals surface area contributed by atoms with E-state index in [9.17, 15) is 0 Å². The molecule has 0 radical (unpaired) electrons. The number of fused-ring (bicyclic) bond motifs is 1. The maximum Gasteiger partial charge on any atom is 0.124 e. The normalized spacial score (nSPS) is 29.6. The van der Waals surface area contributed by atoms with E-state index in [2.05, 4.69) is 43.4 Å². The van der Waals surface area contributed by atoms with E-state index in [4.69, 9.17) is 4.74 Å². The number of hydrogen-bond acceptors (Lipinski definition) is 2. The highest BCUT2D eigenvalue weighted by Crippen LogP contribution is 2.34. The fourth-order valence-corrected chi connectivity index (χ4v) is 3.96. The van der Waals surface area contributed by atoms with Gasteiger partial charge in [-0.05, 0) is 37.2 Å². The quantitative estimate of drug-likeness (QED) is 0.813. The predicted octanol–water partition coefficient (Wildman–Crippen LogP) is 4.70. The molecule has 3 atom stereocenters. The van der Waals surface area contributed by atoms with Crippen molar-refractivity contribution in [3.05, 3.63) is 29.8 Å². The summed E-state index contributed by atoms with van der Waals surface area (Å²) in [5.41, 5.74) is 1.36. The number of para-hydroxylation sites is 1. The zero-order valence-corrected chi connectivity index (χ0v) is 13.5. The second-order valence-electron chi connectivity index (χ2n) is 7.10. The summed E-state index contributed by atoms with van der Waals surface area (Å²) in [7, 11) is 0. The molecule has 0 bridgehead atoms. The van der Waals surface area contributed by atoms with E-state index in [1.807, 2.05) is 0 Å². The molecule has 116 valence electrons. The molecule has 1 aromatic carbocycles. The Kier molecular flexibility index (Phi) is 4.84. The van der Waals surface area contributed by atoms with Gasteiger partial charge in [-0.2, -0.15) is 0 Å². The zero-order chi connectivity index (χ0) is 14.7. The van der Waals surface area contributed by atoms with Crippen LogP contribution in [0, 0.1) is 11.8 Å². The monoisotopic (exact) mass is 287 g/mol. The zero-order valence-electron chi connectivity index (χ0n) is 13.5. The highest BCUT2D eigenvalue weighted by Gasteiger charge is 2.26. The molecular weight excluding hydrogens is 258 g/mol. The molecule has 0 aromatic heterocycles. The van der Waals surface area contributed by atoms with E-state index >= 15 is 0 Å². The van der Waals surface area contributed by atoms with Crippen LogP contribution in [0.5, 0.6) is 5.75 Å². The number of rotatable bonds is 3. The van der Waals surface area contributed by atoms with Crippen molar-refractivity contribution in [2.75, 3.05) is 6.61 Å². The van der Waals surface area contributed by atoms with Crippen molar-refractivity contribution in [3.8, 4) is 5.75 Å². The molecule has 0 spiro atoms. The average Bonchev–Trinajstić information content (AvgIpc) is 2.73. The predicted molar refractivity (Wildman–Crippen MR) is 87.6 cm³/mol. The van der Waals surface area contributed by atoms with Gasteiger partial charge in [0.1, 0.15) is 5.75 Å². The second-order valence-corrected chi connectivity index (χ2v) is 7.10. The van der Waals surface area contributed by atoms with Crippen LogP contribution < -0.4 is 10.1 Å². The van der Waals surface area contributed by atoms with Crippen molar-refractivity contribution in [2.45, 2.75) is 64.5 Å². The summed E-state index contributed by atoms with van der Waals surface area (Å²) in [5, 5.41) is 3.93. The van der Waals surface area contributed by atoms with Crippen molar-refractivity contribution in [1.82, 2.24) is 5.32 Å². The van der Waals surface area contributed by atoms with Gasteiger partial charge in [-0.15, -0.1) is 0 Å². The molecule has 3 unspecified atom stereocenters. The molecule has 1 aliphatic carbocycles. The maximum absolute atomic E-state index is 5.78. The van der Waals surface area contributed by atoms with Crippen molar-refractivity contribution in [1.29, 1.82) is 0 Å². The minimum absolute atomic E-state index is 0.482. The number of nitrogens with one attached hydrogen (secondary N) is 1. The fourth-order valence-electron chi connectivity index (χ4n) is 3.96. The largest absolute Gasteiger partial charge is 0.493 e. The first kappa shape index (κ1) is 14.9. The molecule has 0 amide bonds. The Hall–Kier alpha value is -1.02. The number of hydrogen-bond donors (Lipinski definition) is 1. The molecule has 2 heteroatoms. The summed E-state index contributed by atoms with van der Waals surface area (Å²) in [6.45, 7) is 5.61. The minimum Gasteiger partial charge on any atom is -0.493 e. The molecule has 1 aromatic rings. The molecule has 1 saturated carbocycles. The van der Waals surface area contributed by atoms with Crippen molar-refractivity contribution < 1.29 is 4.74 Å². The van der Waals surface area contributed by atoms with Gasteiger partial charge in [0.2, 0.25) is 0 Å². The summed E-state index contributed by atoms with van der Waals surface area (Å²) in [5.74, 6) is 2.85. The van der Waals surface area contributed by atoms with Gasteiger partial charge in [-0.3, -0.25) is 0 Å². The standard InChI is InChI=1S/C19H29NO/c1-14(2)15-6-5-7-16(11-10-15)20-18-12-13-21-19-9-4-3-8-17(18)19/h3-4,8-9,14-16,18,20H,5-7,10-13H2,1-2H3. The van der Waals surface area contributed by atoms with Crippen LogP contribution in [0.3, 0.4) is 0 Å². The van der Waals surface area contributed by atoms with Crippen LogP contribution >= 0.6 is 0 Å². The van der Waals surface area contributed by atoms with Crippen molar-refractivity contribution >= 4 is 0 Å². The van der Waals surface area contributed by atoms with Crippen molar-refractivity contribution in [3.63, 3.8) is 0 Å². The first-order chi connectivity index (χ1) is 10.2. The lowest BCUT2D eigenvalue weighted by Gasteiger charge is -2.30. The minimum atomic E-state index is 0.482. The van der Waals surface area contributed by atoms with Gasteiger partial charge < -0.3 is 10.1 Å². The van der Waals surface area contributed by atoms with Crippen LogP contribution in [0.15, 0.2) is 24.3 Å². The van der Waals surface area contributed by atoms with E-state index in [0.29, 0.717) is 12.1 Å². The summed E-state index contributed by atoms with van der Waals surface area (Å²) >= 11 is 0. The number of ether oxygens (including phenoxy) is 1. The lowest BCUT2D eigenvalue weighted by Crippen LogP contribution is -2.35. The summed E-state index contributed by atoms with van der Waals surface area (Å²) < 4.78 is 5.78. The van der Waals surface area contributed by atoms with E-state index in [1.54, 1.807) is 0 Å². The Morgan fingerprint density at radius 1 is 1.05 bits per heavy atom. The third kappa shape index (κ3) is 3.60. The molecule has 1 N–H and O–H groups in total. The highest BCUT2D eigenvalue weighted by atomic mass is 16.5. The highest BCUT2D eigenvalue weighted by molar-refractivity contribution is 5.37. The van der Waals surface area contributed by atoms with Gasteiger partial charge in [0.05, 0.1) is 6.61 Å². The molecule has 2 aliphatic rings. The van der Waals surface area contributed by atoms with Gasteiger partial charge in [-0.25, -0.2) is 0 Å². The van der Waals surface area contributed by atoms with Gasteiger partial charge in [0.25, 0.3) is 0 Å². The Bertz CT molecular complexity index is 457. The van der Waals surface area contributed by atoms with Crippen LogP contribution in [-0.4, -0.2) is 12.6 Å². The average molecular weight is 287 g/mol. The summed E-state index contributed by atoms with van der Waals surface area (Å²) in [4.78, 5) is 0. The van der Waals surface area contributed by atoms with E-state index in [-0.39, 0.29) is 0 Å². The molecule has 0 saturated heterocycles. The van der Waals surface area contributed by atoms with Crippen LogP contribution in [0.25, 0.3) is 0 Å². The van der Waals surface area contributed by atoms with Gasteiger partial charge in [-0.1, -0.05) is 44.9 Å². The molecule has 21 heavy (non-hydrogen) atoms. The first-order valence-corrected chi connectivity index (χ1v) is 8.72. The van der Waals surface area contributed by atoms with Crippen molar-refractivity contribution in [2.24, 2.45) is 11.8 Å². The molecule has 2 nitrogen and oxygen atoms in total. The third-order valence-electron chi connectivity index (χ3n) is 5.35. The SMILES string of the molecule is CC(C)C1CCCC(NC2CCOc3ccccc32)CC1. The van der Waals surface area contributed by atoms with Crippen LogP contribution in [0.2, 0.25) is 0 Å². The fraction of sp³-hybridized carbons (Fsp3) is 0.684. The van der Waals surface area contributed by atoms with E-state index in [1.165, 1.54) is 37.7 Å². The van der Waals surface area contributed by atoms with Gasteiger partial charge >= 0.3 is 0 Å². The Balaban J connectivity index is 1.62. The van der Waals surface area contributed by atoms with E-state index in [0.717, 1.165) is 30.6 Å². The molecular formula is C19H29NO. The van der Waals surface area contributed by atoms with E-state index < -0.39 is 0 Å². The Labute approximate surface area is 129 Å². The van der Waals surface area contributed by atoms with Crippen LogP contribution in [0.1, 0.15) is 64.0 Å². The Morgan fingerprint density at radius 2 is 1.90 bits per heavy atom. The molecule has 3 rings (SSSR count). The van der Waals surface area contributed by atoms with Gasteiger partial charge in [0.15, 0.2) is 0 Å². The second kappa shape index (κ2) is 6.83. The summed E-state index contributed by atoms with van der Waals surface area (Å²) in [6, 6.07) is 9.69. The lowest BCUT2D eigenvalue weighted by molar-refractivity contribution is 0.239. The molecule has 1 aliphatic heterocycles. The maximum atomic E-state index is 5.78. The number of benzene rings is 1. The molecule has 1 heterocycles. The smallest absolute Gasteiger partial charge is 0.124 e. The van der Waals surface area contributed by atoms with Crippen LogP contribution in [0.4, 0.5) is 0 Å². The first-order valence-electron chi connectivity index (χ1n) is 8.72. The topological polar surface area (TPSA) is 21.3 Å². The summed E-state index contributed by atoms with van der Waals surface area (Å²) in [6.07, 6.45) is 7.96. The third-order valence-corrected chi connectivity index (χ3v) is 5.35. The van der Waals surface area contributed by atoms with Crippen LogP contribution in [-0.2, 0) is 0 Å².